The highest BCUT2D eigenvalue weighted by atomic mass is 28.4. The summed E-state index contributed by atoms with van der Waals surface area (Å²) in [5, 5.41) is 13.9. The van der Waals surface area contributed by atoms with Crippen molar-refractivity contribution in [1.82, 2.24) is 10.2 Å². The first-order valence-electron chi connectivity index (χ1n) is 26.9. The first-order valence-corrected chi connectivity index (χ1v) is 34.5. The van der Waals surface area contributed by atoms with Gasteiger partial charge in [-0.05, 0) is 99.2 Å². The van der Waals surface area contributed by atoms with E-state index in [1.54, 1.807) is 0 Å². The lowest BCUT2D eigenvalue weighted by atomic mass is 9.71. The molecule has 392 valence electrons. The Hall–Kier alpha value is -2.12. The number of carboxylic acid groups (broad SMARTS) is 1. The Bertz CT molecular complexity index is 1660. The van der Waals surface area contributed by atoms with E-state index in [1.165, 1.54) is 11.8 Å². The van der Waals surface area contributed by atoms with Crippen molar-refractivity contribution in [2.45, 2.75) is 246 Å². The minimum absolute atomic E-state index is 0.0610. The van der Waals surface area contributed by atoms with E-state index in [0.717, 1.165) is 72.8 Å². The molecule has 2 saturated heterocycles. The van der Waals surface area contributed by atoms with Gasteiger partial charge in [0.15, 0.2) is 25.0 Å². The van der Waals surface area contributed by atoms with Crippen LogP contribution >= 0.6 is 0 Å². The van der Waals surface area contributed by atoms with E-state index in [4.69, 9.17) is 27.5 Å². The number of epoxide rings is 1. The van der Waals surface area contributed by atoms with Gasteiger partial charge in [-0.25, -0.2) is 4.79 Å². The number of rotatable bonds is 25. The summed E-state index contributed by atoms with van der Waals surface area (Å²) in [5.41, 5.74) is -0.580. The molecular weight excluding hydrogens is 909 g/mol. The molecule has 3 heterocycles. The number of amides is 1. The summed E-state index contributed by atoms with van der Waals surface area (Å²) in [7, 11) is -6.07. The van der Waals surface area contributed by atoms with Crippen LogP contribution in [0.25, 0.3) is 0 Å². The molecule has 3 aliphatic rings. The highest BCUT2D eigenvalue weighted by Crippen LogP contribution is 2.44. The second-order valence-electron chi connectivity index (χ2n) is 21.1. The quantitative estimate of drug-likeness (QED) is 0.0296. The standard InChI is InChI=1S/C53H98N2O10Si3/c1-17-44(64-67(21-5,22-6)23-7)41(13)50-45(61-50)37-52(15,65-68(24-8,25-9)26-10)32-27-28-39(11)49-40(12)29-30-47(60-42(14)56)53(16,46-38-54-34-35-55(46)51(58)59)33-31-43(36-48(57)62-49)63-66(18-2,19-3)20-4/h27-30,32,40-41,43-47,49-50,54H,17-26,31,33-38H2,1-16H3,(H,58,59)/b30-29+,32-27+,39-28+/t40-,41+,43+,44-,45+,46?,47+,49+,50+,52-,53+/m0/s1. The molecule has 0 aromatic rings. The molecule has 2 N–H and O–H groups in total. The van der Waals surface area contributed by atoms with E-state index in [-0.39, 0.29) is 42.5 Å². The van der Waals surface area contributed by atoms with Gasteiger partial charge in [0.2, 0.25) is 0 Å². The van der Waals surface area contributed by atoms with Gasteiger partial charge in [0.1, 0.15) is 12.2 Å². The smallest absolute Gasteiger partial charge is 0.407 e. The number of esters is 2. The van der Waals surface area contributed by atoms with Gasteiger partial charge < -0.3 is 42.8 Å². The van der Waals surface area contributed by atoms with E-state index >= 15 is 0 Å². The largest absolute Gasteiger partial charge is 0.465 e. The number of ether oxygens (including phenoxy) is 3. The second kappa shape index (κ2) is 27.1. The molecule has 0 saturated carbocycles. The molecule has 11 atom stereocenters. The Balaban J connectivity index is 2.09. The fourth-order valence-electron chi connectivity index (χ4n) is 11.4. The summed E-state index contributed by atoms with van der Waals surface area (Å²) >= 11 is 0. The van der Waals surface area contributed by atoms with Gasteiger partial charge in [-0.3, -0.25) is 9.59 Å². The average Bonchev–Trinajstić information content (AvgIpc) is 4.10. The lowest BCUT2D eigenvalue weighted by molar-refractivity contribution is -0.153. The van der Waals surface area contributed by atoms with Gasteiger partial charge >= 0.3 is 18.0 Å². The van der Waals surface area contributed by atoms with Crippen LogP contribution in [0.4, 0.5) is 4.79 Å². The molecule has 3 rings (SSSR count). The van der Waals surface area contributed by atoms with Crippen LogP contribution in [0.3, 0.4) is 0 Å². The van der Waals surface area contributed by atoms with Crippen LogP contribution in [0.15, 0.2) is 36.0 Å². The van der Waals surface area contributed by atoms with Crippen molar-refractivity contribution in [2.24, 2.45) is 17.3 Å². The number of hydrogen-bond acceptors (Lipinski definition) is 10. The molecular formula is C53H98N2O10Si3. The fourth-order valence-corrected chi connectivity index (χ4v) is 20.4. The molecule has 3 aliphatic heterocycles. The van der Waals surface area contributed by atoms with Crippen molar-refractivity contribution in [3.05, 3.63) is 36.0 Å². The molecule has 0 bridgehead atoms. The Morgan fingerprint density at radius 3 is 2.06 bits per heavy atom. The minimum Gasteiger partial charge on any atom is -0.465 e. The van der Waals surface area contributed by atoms with Gasteiger partial charge in [-0.15, -0.1) is 0 Å². The third-order valence-corrected chi connectivity index (χ3v) is 31.1. The number of hydrogen-bond donors (Lipinski definition) is 2. The molecule has 1 unspecified atom stereocenters. The summed E-state index contributed by atoms with van der Waals surface area (Å²) in [6, 6.07) is 8.69. The van der Waals surface area contributed by atoms with Crippen molar-refractivity contribution in [3.8, 4) is 0 Å². The normalized spacial score (nSPS) is 29.3. The van der Waals surface area contributed by atoms with Crippen LogP contribution < -0.4 is 5.32 Å². The third kappa shape index (κ3) is 15.7. The summed E-state index contributed by atoms with van der Waals surface area (Å²) in [4.78, 5) is 41.4. The lowest BCUT2D eigenvalue weighted by Crippen LogP contribution is -2.62. The molecule has 15 heteroatoms. The zero-order chi connectivity index (χ0) is 51.1. The maximum absolute atomic E-state index is 14.3. The third-order valence-electron chi connectivity index (χ3n) is 17.0. The Labute approximate surface area is 416 Å². The Morgan fingerprint density at radius 2 is 1.53 bits per heavy atom. The zero-order valence-electron chi connectivity index (χ0n) is 45.7. The van der Waals surface area contributed by atoms with E-state index in [1.807, 2.05) is 39.0 Å². The van der Waals surface area contributed by atoms with Crippen molar-refractivity contribution in [2.75, 3.05) is 19.6 Å². The summed E-state index contributed by atoms with van der Waals surface area (Å²) in [6.45, 7) is 35.6. The highest BCUT2D eigenvalue weighted by molar-refractivity contribution is 6.74. The van der Waals surface area contributed by atoms with Crippen LogP contribution in [-0.4, -0.2) is 121 Å². The number of carbonyl (C=O) groups is 3. The van der Waals surface area contributed by atoms with E-state index in [9.17, 15) is 19.5 Å². The monoisotopic (exact) mass is 1010 g/mol. The summed E-state index contributed by atoms with van der Waals surface area (Å²) in [5.74, 6) is -0.827. The number of nitrogens with zero attached hydrogens (tertiary/aromatic N) is 1. The molecule has 1 amide bonds. The number of carbonyl (C=O) groups excluding carboxylic acids is 2. The second-order valence-corrected chi connectivity index (χ2v) is 35.2. The minimum atomic E-state index is -2.21. The van der Waals surface area contributed by atoms with E-state index in [2.05, 4.69) is 101 Å². The molecule has 12 nitrogen and oxygen atoms in total. The molecule has 0 spiro atoms. The van der Waals surface area contributed by atoms with E-state index in [0.29, 0.717) is 32.5 Å². The predicted octanol–water partition coefficient (Wildman–Crippen LogP) is 12.4. The zero-order valence-corrected chi connectivity index (χ0v) is 48.7. The molecule has 68 heavy (non-hydrogen) atoms. The molecule has 0 radical (unpaired) electrons. The van der Waals surface area contributed by atoms with Gasteiger partial charge in [0, 0.05) is 56.3 Å². The SMILES string of the molecule is CC[C@H](O[Si](CC)(CC)CC)[C@@H](C)[C@H]1O[C@@H]1C[C@](C)(/C=C/C=C(\C)[C@H]1OC(=O)C[C@H](O[Si](CC)(CC)CC)CC[C@](C)(C2CNCCN2C(=O)O)[C@H](OC(C)=O)/C=C/[C@@H]1C)O[Si](CC)(CC)CC. The molecule has 0 aliphatic carbocycles. The molecule has 0 aromatic carbocycles. The Kier molecular flexibility index (Phi) is 24.0. The highest BCUT2D eigenvalue weighted by Gasteiger charge is 2.51. The fraction of sp³-hybridized carbons (Fsp3) is 0.830. The van der Waals surface area contributed by atoms with Gasteiger partial charge in [0.05, 0.1) is 36.4 Å². The number of nitrogens with one attached hydrogen (secondary N) is 1. The number of allylic oxidation sites excluding steroid dienone is 2. The van der Waals surface area contributed by atoms with E-state index < -0.39 is 72.4 Å². The first kappa shape index (κ1) is 60.2. The first-order chi connectivity index (χ1) is 32.1. The van der Waals surface area contributed by atoms with Crippen molar-refractivity contribution >= 4 is 43.0 Å². The van der Waals surface area contributed by atoms with Crippen LogP contribution in [0.2, 0.25) is 54.4 Å². The van der Waals surface area contributed by atoms with Crippen LogP contribution in [0.1, 0.15) is 143 Å². The van der Waals surface area contributed by atoms with Crippen LogP contribution in [0.5, 0.6) is 0 Å². The number of cyclic esters (lactones) is 1. The van der Waals surface area contributed by atoms with Crippen LogP contribution in [-0.2, 0) is 37.1 Å². The predicted molar refractivity (Wildman–Crippen MR) is 284 cm³/mol. The topological polar surface area (TPSA) is 145 Å². The van der Waals surface area contributed by atoms with Crippen LogP contribution in [0, 0.1) is 17.3 Å². The van der Waals surface area contributed by atoms with Crippen molar-refractivity contribution in [1.29, 1.82) is 0 Å². The molecule has 2 fully saturated rings. The average molecular weight is 1010 g/mol. The Morgan fingerprint density at radius 1 is 0.941 bits per heavy atom. The molecule has 0 aromatic heterocycles. The van der Waals surface area contributed by atoms with Gasteiger partial charge in [-0.2, -0.15) is 0 Å². The van der Waals surface area contributed by atoms with Gasteiger partial charge in [-0.1, -0.05) is 114 Å². The maximum atomic E-state index is 14.3. The lowest BCUT2D eigenvalue weighted by Gasteiger charge is -2.49. The maximum Gasteiger partial charge on any atom is 0.407 e. The van der Waals surface area contributed by atoms with Crippen molar-refractivity contribution in [3.63, 3.8) is 0 Å². The van der Waals surface area contributed by atoms with Gasteiger partial charge in [0.25, 0.3) is 0 Å². The summed E-state index contributed by atoms with van der Waals surface area (Å²) in [6.07, 6.45) is 10.4. The number of piperazine rings is 1. The summed E-state index contributed by atoms with van der Waals surface area (Å²) < 4.78 is 40.7. The van der Waals surface area contributed by atoms with Crippen molar-refractivity contribution < 1.29 is 47.0 Å².